The van der Waals surface area contributed by atoms with Gasteiger partial charge < -0.3 is 19.7 Å². The minimum atomic E-state index is -0.0408. The molecule has 194 valence electrons. The number of piperidine rings is 1. The van der Waals surface area contributed by atoms with Gasteiger partial charge >= 0.3 is 0 Å². The van der Waals surface area contributed by atoms with Gasteiger partial charge in [0.05, 0.1) is 21.3 Å². The molecule has 8 nitrogen and oxygen atoms in total. The van der Waals surface area contributed by atoms with E-state index in [1.54, 1.807) is 6.07 Å². The van der Waals surface area contributed by atoms with Crippen molar-refractivity contribution in [2.45, 2.75) is 25.7 Å². The van der Waals surface area contributed by atoms with Gasteiger partial charge in [0.2, 0.25) is 11.9 Å². The molecule has 5 rings (SSSR count). The van der Waals surface area contributed by atoms with Crippen LogP contribution in [-0.2, 0) is 11.8 Å². The molecular formula is C27H31ClN6O2S. The van der Waals surface area contributed by atoms with Crippen LogP contribution in [0.5, 0.6) is 0 Å². The van der Waals surface area contributed by atoms with E-state index in [1.165, 1.54) is 11.3 Å². The van der Waals surface area contributed by atoms with Crippen LogP contribution in [0.15, 0.2) is 36.4 Å². The highest BCUT2D eigenvalue weighted by molar-refractivity contribution is 7.22. The first-order valence-corrected chi connectivity index (χ1v) is 13.7. The molecule has 2 aromatic heterocycles. The summed E-state index contributed by atoms with van der Waals surface area (Å²) in [7, 11) is 6.09. The number of thiazole rings is 1. The third-order valence-corrected chi connectivity index (χ3v) is 8.10. The number of hydrogen-bond acceptors (Lipinski definition) is 7. The van der Waals surface area contributed by atoms with Crippen molar-refractivity contribution in [3.8, 4) is 0 Å². The van der Waals surface area contributed by atoms with Crippen molar-refractivity contribution in [2.75, 3.05) is 39.0 Å². The lowest BCUT2D eigenvalue weighted by atomic mass is 9.96. The van der Waals surface area contributed by atoms with E-state index in [9.17, 15) is 9.59 Å². The highest BCUT2D eigenvalue weighted by atomic mass is 35.5. The van der Waals surface area contributed by atoms with Crippen LogP contribution in [-0.4, -0.2) is 69.8 Å². The predicted octanol–water partition coefficient (Wildman–Crippen LogP) is 5.34. The average molecular weight is 539 g/mol. The molecule has 1 fully saturated rings. The normalized spacial score (nSPS) is 14.7. The third kappa shape index (κ3) is 5.79. The summed E-state index contributed by atoms with van der Waals surface area (Å²) in [5.41, 5.74) is 3.06. The number of imidazole rings is 1. The van der Waals surface area contributed by atoms with Gasteiger partial charge in [0.25, 0.3) is 0 Å². The van der Waals surface area contributed by atoms with Gasteiger partial charge in [0, 0.05) is 50.1 Å². The molecule has 1 saturated heterocycles. The minimum Gasteiger partial charge on any atom is -0.343 e. The summed E-state index contributed by atoms with van der Waals surface area (Å²) in [5.74, 6) is 1.30. The van der Waals surface area contributed by atoms with E-state index >= 15 is 0 Å². The molecular weight excluding hydrogens is 508 g/mol. The quantitative estimate of drug-likeness (QED) is 0.305. The Morgan fingerprint density at radius 3 is 2.62 bits per heavy atom. The lowest BCUT2D eigenvalue weighted by molar-refractivity contribution is -0.132. The fraction of sp³-hybridized carbons (Fsp3) is 0.407. The molecule has 1 aliphatic rings. The van der Waals surface area contributed by atoms with Gasteiger partial charge in [0.15, 0.2) is 10.9 Å². The molecule has 0 spiro atoms. The van der Waals surface area contributed by atoms with Crippen LogP contribution in [0.4, 0.5) is 11.1 Å². The van der Waals surface area contributed by atoms with E-state index in [2.05, 4.69) is 29.3 Å². The van der Waals surface area contributed by atoms with Gasteiger partial charge in [-0.1, -0.05) is 22.9 Å². The Hall–Kier alpha value is -3.01. The molecule has 1 N–H and O–H groups in total. The van der Waals surface area contributed by atoms with Crippen molar-refractivity contribution in [3.05, 3.63) is 47.0 Å². The Kier molecular flexibility index (Phi) is 7.46. The lowest BCUT2D eigenvalue weighted by Crippen LogP contribution is -2.40. The van der Waals surface area contributed by atoms with Crippen LogP contribution >= 0.6 is 22.9 Å². The number of nitrogens with zero attached hydrogens (tertiary/aromatic N) is 5. The minimum absolute atomic E-state index is 0.0408. The Morgan fingerprint density at radius 2 is 1.86 bits per heavy atom. The number of hydrogen-bond donors (Lipinski definition) is 1. The maximum atomic E-state index is 12.9. The van der Waals surface area contributed by atoms with Crippen LogP contribution in [0.3, 0.4) is 0 Å². The van der Waals surface area contributed by atoms with E-state index in [1.807, 2.05) is 46.8 Å². The smallest absolute Gasteiger partial charge is 0.223 e. The molecule has 1 aliphatic heterocycles. The maximum absolute atomic E-state index is 12.9. The number of amides is 1. The number of halogens is 1. The molecule has 10 heteroatoms. The molecule has 1 amide bonds. The molecule has 3 heterocycles. The van der Waals surface area contributed by atoms with Crippen molar-refractivity contribution in [3.63, 3.8) is 0 Å². The average Bonchev–Trinajstić information content (AvgIpc) is 3.41. The number of carbonyl (C=O) groups excluding carboxylic acids is 2. The number of Topliss-reactive ketones (excluding diaryl/α,β-unsaturated/α-hetero) is 1. The monoisotopic (exact) mass is 538 g/mol. The fourth-order valence-electron chi connectivity index (χ4n) is 4.94. The molecule has 0 bridgehead atoms. The van der Waals surface area contributed by atoms with E-state index in [0.29, 0.717) is 28.0 Å². The standard InChI is InChI=1S/C27H31ClN6O2S/c1-32(2)16-17-10-12-34(13-11-17)25(36)9-8-23(35)18-4-7-22-21(14-18)29-26(33(22)3)31-27-30-20-6-5-19(28)15-24(20)37-27/h4-7,14-15,17H,8-13,16H2,1-3H3,(H,29,30,31). The maximum Gasteiger partial charge on any atom is 0.223 e. The summed E-state index contributed by atoms with van der Waals surface area (Å²) in [4.78, 5) is 39.0. The van der Waals surface area contributed by atoms with E-state index in [-0.39, 0.29) is 24.5 Å². The molecule has 2 aromatic carbocycles. The van der Waals surface area contributed by atoms with Crippen LogP contribution in [0, 0.1) is 5.92 Å². The first-order valence-electron chi connectivity index (χ1n) is 12.5. The predicted molar refractivity (Wildman–Crippen MR) is 150 cm³/mol. The zero-order valence-electron chi connectivity index (χ0n) is 21.3. The molecule has 0 atom stereocenters. The summed E-state index contributed by atoms with van der Waals surface area (Å²) in [5, 5.41) is 4.68. The van der Waals surface area contributed by atoms with E-state index in [4.69, 9.17) is 16.6 Å². The number of anilines is 2. The number of benzene rings is 2. The number of aryl methyl sites for hydroxylation is 1. The molecule has 0 unspecified atom stereocenters. The number of carbonyl (C=O) groups is 2. The SMILES string of the molecule is CN(C)CC1CCN(C(=O)CCC(=O)c2ccc3c(c2)nc(Nc2nc4ccc(Cl)cc4s2)n3C)CC1. The highest BCUT2D eigenvalue weighted by Gasteiger charge is 2.23. The van der Waals surface area contributed by atoms with Crippen molar-refractivity contribution >= 4 is 67.0 Å². The topological polar surface area (TPSA) is 83.4 Å². The zero-order valence-corrected chi connectivity index (χ0v) is 22.9. The van der Waals surface area contributed by atoms with Crippen LogP contribution in [0.2, 0.25) is 5.02 Å². The number of nitrogens with one attached hydrogen (secondary N) is 1. The van der Waals surface area contributed by atoms with Crippen molar-refractivity contribution < 1.29 is 9.59 Å². The number of fused-ring (bicyclic) bond motifs is 2. The van der Waals surface area contributed by atoms with Crippen LogP contribution in [0.1, 0.15) is 36.0 Å². The van der Waals surface area contributed by atoms with Gasteiger partial charge in [-0.15, -0.1) is 0 Å². The van der Waals surface area contributed by atoms with Gasteiger partial charge in [-0.3, -0.25) is 9.59 Å². The second-order valence-electron chi connectivity index (χ2n) is 9.96. The zero-order chi connectivity index (χ0) is 26.1. The highest BCUT2D eigenvalue weighted by Crippen LogP contribution is 2.31. The van der Waals surface area contributed by atoms with Crippen LogP contribution in [0.25, 0.3) is 21.3 Å². The summed E-state index contributed by atoms with van der Waals surface area (Å²) in [6.45, 7) is 2.62. The summed E-state index contributed by atoms with van der Waals surface area (Å²) in [6, 6.07) is 11.1. The second-order valence-corrected chi connectivity index (χ2v) is 11.4. The summed E-state index contributed by atoms with van der Waals surface area (Å²) < 4.78 is 2.93. The second kappa shape index (κ2) is 10.8. The van der Waals surface area contributed by atoms with Crippen LogP contribution < -0.4 is 5.32 Å². The molecule has 0 aliphatic carbocycles. The largest absolute Gasteiger partial charge is 0.343 e. The Bertz CT molecular complexity index is 1450. The first-order chi connectivity index (χ1) is 17.8. The number of aromatic nitrogens is 3. The molecule has 0 saturated carbocycles. The van der Waals surface area contributed by atoms with Gasteiger partial charge in [-0.2, -0.15) is 0 Å². The van der Waals surface area contributed by atoms with Gasteiger partial charge in [0.1, 0.15) is 0 Å². The van der Waals surface area contributed by atoms with E-state index in [0.717, 1.165) is 53.3 Å². The van der Waals surface area contributed by atoms with Gasteiger partial charge in [-0.05, 0) is 69.3 Å². The number of likely N-dealkylation sites (tertiary alicyclic amines) is 1. The van der Waals surface area contributed by atoms with E-state index < -0.39 is 0 Å². The lowest BCUT2D eigenvalue weighted by Gasteiger charge is -2.33. The molecule has 37 heavy (non-hydrogen) atoms. The van der Waals surface area contributed by atoms with Crippen molar-refractivity contribution in [1.29, 1.82) is 0 Å². The summed E-state index contributed by atoms with van der Waals surface area (Å²) in [6.07, 6.45) is 2.49. The van der Waals surface area contributed by atoms with Gasteiger partial charge in [-0.25, -0.2) is 9.97 Å². The Labute approximate surface area is 225 Å². The Balaban J connectivity index is 1.21. The summed E-state index contributed by atoms with van der Waals surface area (Å²) >= 11 is 7.60. The first kappa shape index (κ1) is 25.6. The third-order valence-electron chi connectivity index (χ3n) is 6.93. The van der Waals surface area contributed by atoms with Crippen molar-refractivity contribution in [2.24, 2.45) is 13.0 Å². The molecule has 0 radical (unpaired) electrons. The fourth-order valence-corrected chi connectivity index (χ4v) is 6.07. The Morgan fingerprint density at radius 1 is 1.08 bits per heavy atom. The van der Waals surface area contributed by atoms with Crippen molar-refractivity contribution in [1.82, 2.24) is 24.3 Å². The number of rotatable bonds is 8. The molecule has 4 aromatic rings. The number of ketones is 1.